The van der Waals surface area contributed by atoms with E-state index in [9.17, 15) is 0 Å². The van der Waals surface area contributed by atoms with Crippen LogP contribution in [0.4, 0.5) is 0 Å². The number of fused-ring (bicyclic) bond motifs is 1. The second-order valence-corrected chi connectivity index (χ2v) is 4.41. The fraction of sp³-hybridized carbons (Fsp3) is 0.273. The van der Waals surface area contributed by atoms with Gasteiger partial charge in [0, 0.05) is 22.6 Å². The van der Waals surface area contributed by atoms with Crippen molar-refractivity contribution < 1.29 is 0 Å². The first-order chi connectivity index (χ1) is 7.13. The molecule has 2 nitrogen and oxygen atoms in total. The molecule has 0 aliphatic carbocycles. The van der Waals surface area contributed by atoms with Gasteiger partial charge < -0.3 is 10.3 Å². The molecule has 0 unspecified atom stereocenters. The smallest absolute Gasteiger partial charge is 0.0662 e. The Bertz CT molecular complexity index is 503. The van der Waals surface area contributed by atoms with E-state index in [0.717, 1.165) is 23.1 Å². The molecule has 15 heavy (non-hydrogen) atoms. The Morgan fingerprint density at radius 3 is 2.73 bits per heavy atom. The molecule has 0 aliphatic rings. The lowest BCUT2D eigenvalue weighted by molar-refractivity contribution is 0.794. The number of H-pyrrole nitrogens is 1. The summed E-state index contributed by atoms with van der Waals surface area (Å²) in [6.45, 7) is 2.87. The monoisotopic (exact) mass is 242 g/mol. The van der Waals surface area contributed by atoms with Crippen LogP contribution in [0.3, 0.4) is 0 Å². The molecule has 2 rings (SSSR count). The molecular formula is C11H12Cl2N2. The third-order valence-electron chi connectivity index (χ3n) is 2.54. The fourth-order valence-corrected chi connectivity index (χ4v) is 2.30. The zero-order valence-electron chi connectivity index (χ0n) is 8.62. The summed E-state index contributed by atoms with van der Waals surface area (Å²) in [6, 6.07) is 3.69. The van der Waals surface area contributed by atoms with Gasteiger partial charge in [-0.1, -0.05) is 23.2 Å². The fourth-order valence-electron chi connectivity index (χ4n) is 1.76. The van der Waals surface area contributed by atoms with Gasteiger partial charge in [0.15, 0.2) is 0 Å². The third kappa shape index (κ3) is 1.85. The van der Waals surface area contributed by atoms with Crippen LogP contribution in [-0.2, 0) is 6.54 Å². The topological polar surface area (TPSA) is 27.8 Å². The molecular weight excluding hydrogens is 231 g/mol. The van der Waals surface area contributed by atoms with Crippen molar-refractivity contribution in [1.29, 1.82) is 0 Å². The molecule has 1 aromatic carbocycles. The average molecular weight is 243 g/mol. The van der Waals surface area contributed by atoms with Gasteiger partial charge in [-0.15, -0.1) is 0 Å². The van der Waals surface area contributed by atoms with Crippen LogP contribution in [0.15, 0.2) is 12.1 Å². The van der Waals surface area contributed by atoms with Crippen molar-refractivity contribution >= 4 is 34.1 Å². The Balaban J connectivity index is 2.70. The van der Waals surface area contributed by atoms with Crippen LogP contribution in [0.2, 0.25) is 10.0 Å². The molecule has 80 valence electrons. The zero-order chi connectivity index (χ0) is 11.0. The van der Waals surface area contributed by atoms with E-state index >= 15 is 0 Å². The number of benzene rings is 1. The van der Waals surface area contributed by atoms with Gasteiger partial charge in [0.2, 0.25) is 0 Å². The van der Waals surface area contributed by atoms with Crippen molar-refractivity contribution in [3.63, 3.8) is 0 Å². The van der Waals surface area contributed by atoms with Gasteiger partial charge in [0.25, 0.3) is 0 Å². The van der Waals surface area contributed by atoms with Gasteiger partial charge in [-0.05, 0) is 31.7 Å². The first-order valence-electron chi connectivity index (χ1n) is 4.74. The number of hydrogen-bond acceptors (Lipinski definition) is 1. The number of aromatic nitrogens is 1. The lowest BCUT2D eigenvalue weighted by atomic mass is 10.1. The second kappa shape index (κ2) is 4.05. The molecule has 2 N–H and O–H groups in total. The maximum Gasteiger partial charge on any atom is 0.0662 e. The van der Waals surface area contributed by atoms with Crippen LogP contribution in [0, 0.1) is 6.92 Å². The molecule has 0 saturated heterocycles. The lowest BCUT2D eigenvalue weighted by Crippen LogP contribution is -2.06. The molecule has 2 aromatic rings. The number of halogens is 2. The maximum absolute atomic E-state index is 6.11. The maximum atomic E-state index is 6.11. The van der Waals surface area contributed by atoms with Gasteiger partial charge >= 0.3 is 0 Å². The second-order valence-electron chi connectivity index (χ2n) is 3.57. The van der Waals surface area contributed by atoms with Crippen LogP contribution in [-0.4, -0.2) is 12.0 Å². The third-order valence-corrected chi connectivity index (χ3v) is 3.06. The van der Waals surface area contributed by atoms with Gasteiger partial charge in [0.05, 0.1) is 10.5 Å². The predicted molar refractivity (Wildman–Crippen MR) is 65.8 cm³/mol. The number of aromatic amines is 1. The molecule has 0 aliphatic heterocycles. The molecule has 4 heteroatoms. The highest BCUT2D eigenvalue weighted by Crippen LogP contribution is 2.31. The molecule has 1 heterocycles. The molecule has 0 fully saturated rings. The van der Waals surface area contributed by atoms with E-state index in [2.05, 4.69) is 17.2 Å². The van der Waals surface area contributed by atoms with Gasteiger partial charge in [-0.25, -0.2) is 0 Å². The Kier molecular flexibility index (Phi) is 2.91. The lowest BCUT2D eigenvalue weighted by Gasteiger charge is -1.97. The van der Waals surface area contributed by atoms with E-state index in [1.807, 2.05) is 13.1 Å². The minimum Gasteiger partial charge on any atom is -0.356 e. The van der Waals surface area contributed by atoms with Crippen molar-refractivity contribution in [3.05, 3.63) is 33.4 Å². The van der Waals surface area contributed by atoms with Crippen LogP contribution < -0.4 is 5.32 Å². The highest BCUT2D eigenvalue weighted by molar-refractivity contribution is 6.38. The molecule has 0 saturated carbocycles. The Labute approximate surface area is 98.6 Å². The van der Waals surface area contributed by atoms with Gasteiger partial charge in [0.1, 0.15) is 0 Å². The van der Waals surface area contributed by atoms with Crippen LogP contribution in [0.1, 0.15) is 11.3 Å². The highest BCUT2D eigenvalue weighted by Gasteiger charge is 2.10. The molecule has 0 spiro atoms. The van der Waals surface area contributed by atoms with Crippen LogP contribution in [0.5, 0.6) is 0 Å². The summed E-state index contributed by atoms with van der Waals surface area (Å²) in [7, 11) is 1.92. The summed E-state index contributed by atoms with van der Waals surface area (Å²) < 4.78 is 0. The number of hydrogen-bond donors (Lipinski definition) is 2. The molecule has 0 atom stereocenters. The molecule has 0 amide bonds. The summed E-state index contributed by atoms with van der Waals surface area (Å²) in [5, 5.41) is 5.55. The first-order valence-corrected chi connectivity index (χ1v) is 5.50. The molecule has 0 bridgehead atoms. The van der Waals surface area contributed by atoms with E-state index in [-0.39, 0.29) is 0 Å². The number of nitrogens with one attached hydrogen (secondary N) is 2. The standard InChI is InChI=1S/C11H12Cl2N2/c1-6-8-3-7(12)4-9(13)11(8)15-10(6)5-14-2/h3-4,14-15H,5H2,1-2H3. The van der Waals surface area contributed by atoms with E-state index < -0.39 is 0 Å². The van der Waals surface area contributed by atoms with Crippen molar-refractivity contribution in [2.24, 2.45) is 0 Å². The number of rotatable bonds is 2. The predicted octanol–water partition coefficient (Wildman–Crippen LogP) is 3.50. The normalized spacial score (nSPS) is 11.2. The van der Waals surface area contributed by atoms with Crippen molar-refractivity contribution in [3.8, 4) is 0 Å². The highest BCUT2D eigenvalue weighted by atomic mass is 35.5. The van der Waals surface area contributed by atoms with Gasteiger partial charge in [-0.3, -0.25) is 0 Å². The minimum atomic E-state index is 0.669. The van der Waals surface area contributed by atoms with Gasteiger partial charge in [-0.2, -0.15) is 0 Å². The van der Waals surface area contributed by atoms with E-state index in [1.165, 1.54) is 5.56 Å². The zero-order valence-corrected chi connectivity index (χ0v) is 10.1. The molecule has 1 aromatic heterocycles. The Morgan fingerprint density at radius 2 is 2.07 bits per heavy atom. The van der Waals surface area contributed by atoms with Crippen LogP contribution >= 0.6 is 23.2 Å². The molecule has 0 radical (unpaired) electrons. The summed E-state index contributed by atoms with van der Waals surface area (Å²) in [6.07, 6.45) is 0. The van der Waals surface area contributed by atoms with Crippen molar-refractivity contribution in [2.45, 2.75) is 13.5 Å². The summed E-state index contributed by atoms with van der Waals surface area (Å²) in [4.78, 5) is 3.31. The Morgan fingerprint density at radius 1 is 1.33 bits per heavy atom. The van der Waals surface area contributed by atoms with E-state index in [0.29, 0.717) is 10.0 Å². The average Bonchev–Trinajstić information content (AvgIpc) is 2.47. The minimum absolute atomic E-state index is 0.669. The number of aryl methyl sites for hydroxylation is 1. The quantitative estimate of drug-likeness (QED) is 0.829. The largest absolute Gasteiger partial charge is 0.356 e. The Hall–Kier alpha value is -0.700. The summed E-state index contributed by atoms with van der Waals surface area (Å²) in [5.41, 5.74) is 3.31. The SMILES string of the molecule is CNCc1[nH]c2c(Cl)cc(Cl)cc2c1C. The van der Waals surface area contributed by atoms with E-state index in [1.54, 1.807) is 6.07 Å². The van der Waals surface area contributed by atoms with Crippen molar-refractivity contribution in [2.75, 3.05) is 7.05 Å². The summed E-state index contributed by atoms with van der Waals surface area (Å²) in [5.74, 6) is 0. The van der Waals surface area contributed by atoms with E-state index in [4.69, 9.17) is 23.2 Å². The van der Waals surface area contributed by atoms with Crippen LogP contribution in [0.25, 0.3) is 10.9 Å². The first kappa shape index (κ1) is 10.8. The summed E-state index contributed by atoms with van der Waals surface area (Å²) >= 11 is 12.1. The van der Waals surface area contributed by atoms with Crippen molar-refractivity contribution in [1.82, 2.24) is 10.3 Å².